The Hall–Kier alpha value is -0.770. The monoisotopic (exact) mass is 188 g/mol. The van der Waals surface area contributed by atoms with Crippen LogP contribution in [0.25, 0.3) is 0 Å². The van der Waals surface area contributed by atoms with Crippen molar-refractivity contribution >= 4 is 6.03 Å². The van der Waals surface area contributed by atoms with Crippen LogP contribution in [-0.4, -0.2) is 43.8 Å². The number of methoxy groups -OCH3 is 1. The van der Waals surface area contributed by atoms with Crippen LogP contribution in [-0.2, 0) is 4.74 Å². The first-order valence-electron chi connectivity index (χ1n) is 4.47. The summed E-state index contributed by atoms with van der Waals surface area (Å²) in [6.45, 7) is 7.02. The van der Waals surface area contributed by atoms with Crippen LogP contribution in [0, 0.1) is 0 Å². The van der Waals surface area contributed by atoms with Gasteiger partial charge in [0.2, 0.25) is 0 Å². The molecule has 0 aliphatic carbocycles. The van der Waals surface area contributed by atoms with Crippen molar-refractivity contribution in [2.24, 2.45) is 0 Å². The molecule has 0 heterocycles. The Kier molecular flexibility index (Phi) is 4.77. The van der Waals surface area contributed by atoms with Gasteiger partial charge in [-0.2, -0.15) is 0 Å². The van der Waals surface area contributed by atoms with Gasteiger partial charge >= 0.3 is 6.03 Å². The first-order valence-corrected chi connectivity index (χ1v) is 4.47. The minimum absolute atomic E-state index is 0.0624. The summed E-state index contributed by atoms with van der Waals surface area (Å²) in [4.78, 5) is 12.9. The lowest BCUT2D eigenvalue weighted by Gasteiger charge is -2.25. The first-order chi connectivity index (χ1) is 5.93. The molecule has 0 saturated heterocycles. The maximum atomic E-state index is 11.3. The molecule has 1 N–H and O–H groups in total. The molecule has 0 unspecified atom stereocenters. The van der Waals surface area contributed by atoms with Gasteiger partial charge in [-0.05, 0) is 20.8 Å². The summed E-state index contributed by atoms with van der Waals surface area (Å²) in [5.41, 5.74) is -0.301. The third-order valence-corrected chi connectivity index (χ3v) is 2.04. The van der Waals surface area contributed by atoms with Gasteiger partial charge in [-0.15, -0.1) is 0 Å². The zero-order valence-electron chi connectivity index (χ0n) is 9.18. The van der Waals surface area contributed by atoms with Crippen molar-refractivity contribution in [1.82, 2.24) is 10.2 Å². The number of carbonyl (C=O) groups is 1. The van der Waals surface area contributed by atoms with E-state index >= 15 is 0 Å². The van der Waals surface area contributed by atoms with Crippen LogP contribution < -0.4 is 5.32 Å². The Morgan fingerprint density at radius 2 is 2.08 bits per heavy atom. The molecule has 4 heteroatoms. The molecule has 0 spiro atoms. The predicted molar refractivity (Wildman–Crippen MR) is 52.8 cm³/mol. The summed E-state index contributed by atoms with van der Waals surface area (Å²) in [7, 11) is 3.39. The summed E-state index contributed by atoms with van der Waals surface area (Å²) in [6.07, 6.45) is 0. The van der Waals surface area contributed by atoms with Crippen molar-refractivity contribution in [2.75, 3.05) is 27.2 Å². The Morgan fingerprint density at radius 3 is 2.46 bits per heavy atom. The molecule has 0 fully saturated rings. The first kappa shape index (κ1) is 12.2. The lowest BCUT2D eigenvalue weighted by molar-refractivity contribution is 0.0245. The summed E-state index contributed by atoms with van der Waals surface area (Å²) in [6, 6.07) is -0.0624. The lowest BCUT2D eigenvalue weighted by Crippen LogP contribution is -2.44. The SMILES string of the molecule is CCN(C)C(=O)NCC(C)(C)OC. The molecule has 0 saturated carbocycles. The summed E-state index contributed by atoms with van der Waals surface area (Å²) >= 11 is 0. The zero-order valence-corrected chi connectivity index (χ0v) is 9.18. The van der Waals surface area contributed by atoms with Crippen molar-refractivity contribution in [3.63, 3.8) is 0 Å². The molecule has 0 aromatic heterocycles. The van der Waals surface area contributed by atoms with Gasteiger partial charge in [-0.3, -0.25) is 0 Å². The molecule has 0 aromatic carbocycles. The van der Waals surface area contributed by atoms with Crippen LogP contribution in [0.2, 0.25) is 0 Å². The summed E-state index contributed by atoms with van der Waals surface area (Å²) < 4.78 is 5.17. The molecule has 0 aliphatic heterocycles. The Balaban J connectivity index is 3.83. The Morgan fingerprint density at radius 1 is 1.54 bits per heavy atom. The molecule has 0 atom stereocenters. The number of ether oxygens (including phenoxy) is 1. The van der Waals surface area contributed by atoms with E-state index < -0.39 is 0 Å². The molecule has 0 bridgehead atoms. The van der Waals surface area contributed by atoms with E-state index in [2.05, 4.69) is 5.32 Å². The van der Waals surface area contributed by atoms with Crippen LogP contribution >= 0.6 is 0 Å². The van der Waals surface area contributed by atoms with Crippen LogP contribution in [0.1, 0.15) is 20.8 Å². The minimum atomic E-state index is -0.301. The van der Waals surface area contributed by atoms with Crippen LogP contribution in [0.15, 0.2) is 0 Å². The van der Waals surface area contributed by atoms with Crippen molar-refractivity contribution in [1.29, 1.82) is 0 Å². The van der Waals surface area contributed by atoms with Gasteiger partial charge in [-0.1, -0.05) is 0 Å². The van der Waals surface area contributed by atoms with Crippen LogP contribution in [0.3, 0.4) is 0 Å². The fourth-order valence-electron chi connectivity index (χ4n) is 0.639. The lowest BCUT2D eigenvalue weighted by atomic mass is 10.1. The minimum Gasteiger partial charge on any atom is -0.377 e. The third kappa shape index (κ3) is 4.72. The Bertz CT molecular complexity index is 169. The van der Waals surface area contributed by atoms with E-state index in [1.807, 2.05) is 20.8 Å². The number of hydrogen-bond donors (Lipinski definition) is 1. The molecule has 13 heavy (non-hydrogen) atoms. The van der Waals surface area contributed by atoms with Gasteiger partial charge in [0.1, 0.15) is 0 Å². The largest absolute Gasteiger partial charge is 0.377 e. The quantitative estimate of drug-likeness (QED) is 0.717. The maximum absolute atomic E-state index is 11.3. The molecular weight excluding hydrogens is 168 g/mol. The van der Waals surface area contributed by atoms with Crippen LogP contribution in [0.4, 0.5) is 4.79 Å². The highest BCUT2D eigenvalue weighted by Crippen LogP contribution is 2.04. The highest BCUT2D eigenvalue weighted by Gasteiger charge is 2.17. The second kappa shape index (κ2) is 5.07. The number of amides is 2. The number of nitrogens with one attached hydrogen (secondary N) is 1. The van der Waals surface area contributed by atoms with E-state index in [4.69, 9.17) is 4.74 Å². The fraction of sp³-hybridized carbons (Fsp3) is 0.889. The van der Waals surface area contributed by atoms with Crippen molar-refractivity contribution < 1.29 is 9.53 Å². The average Bonchev–Trinajstić information content (AvgIpc) is 2.13. The van der Waals surface area contributed by atoms with E-state index in [-0.39, 0.29) is 11.6 Å². The molecule has 0 rings (SSSR count). The number of nitrogens with zero attached hydrogens (tertiary/aromatic N) is 1. The molecule has 4 nitrogen and oxygen atoms in total. The molecule has 0 radical (unpaired) electrons. The van der Waals surface area contributed by atoms with Crippen molar-refractivity contribution in [3.8, 4) is 0 Å². The molecule has 0 aliphatic rings. The standard InChI is InChI=1S/C9H20N2O2/c1-6-11(4)8(12)10-7-9(2,3)13-5/h6-7H2,1-5H3,(H,10,12). The Labute approximate surface area is 80.2 Å². The van der Waals surface area contributed by atoms with Crippen molar-refractivity contribution in [2.45, 2.75) is 26.4 Å². The molecule has 0 aromatic rings. The summed E-state index contributed by atoms with van der Waals surface area (Å²) in [5, 5.41) is 2.79. The highest BCUT2D eigenvalue weighted by molar-refractivity contribution is 5.73. The zero-order chi connectivity index (χ0) is 10.5. The summed E-state index contributed by atoms with van der Waals surface area (Å²) in [5.74, 6) is 0. The third-order valence-electron chi connectivity index (χ3n) is 2.04. The number of urea groups is 1. The highest BCUT2D eigenvalue weighted by atomic mass is 16.5. The van der Waals surface area contributed by atoms with Gasteiger partial charge < -0.3 is 15.0 Å². The maximum Gasteiger partial charge on any atom is 0.317 e. The number of hydrogen-bond acceptors (Lipinski definition) is 2. The number of carbonyl (C=O) groups excluding carboxylic acids is 1. The smallest absolute Gasteiger partial charge is 0.317 e. The van der Waals surface area contributed by atoms with Crippen molar-refractivity contribution in [3.05, 3.63) is 0 Å². The van der Waals surface area contributed by atoms with Crippen LogP contribution in [0.5, 0.6) is 0 Å². The second-order valence-corrected chi connectivity index (χ2v) is 3.64. The van der Waals surface area contributed by atoms with E-state index in [0.717, 1.165) is 0 Å². The average molecular weight is 188 g/mol. The van der Waals surface area contributed by atoms with Gasteiger partial charge in [0.05, 0.1) is 5.60 Å². The molecule has 78 valence electrons. The van der Waals surface area contributed by atoms with Gasteiger partial charge in [0.15, 0.2) is 0 Å². The fourth-order valence-corrected chi connectivity index (χ4v) is 0.639. The van der Waals surface area contributed by atoms with Gasteiger partial charge in [-0.25, -0.2) is 4.79 Å². The predicted octanol–water partition coefficient (Wildman–Crippen LogP) is 1.07. The van der Waals surface area contributed by atoms with E-state index in [0.29, 0.717) is 13.1 Å². The van der Waals surface area contributed by atoms with E-state index in [9.17, 15) is 4.79 Å². The normalized spacial score (nSPS) is 11.2. The molecular formula is C9H20N2O2. The van der Waals surface area contributed by atoms with Gasteiger partial charge in [0.25, 0.3) is 0 Å². The topological polar surface area (TPSA) is 41.6 Å². The van der Waals surface area contributed by atoms with Gasteiger partial charge in [0, 0.05) is 27.2 Å². The molecule has 2 amide bonds. The van der Waals surface area contributed by atoms with E-state index in [1.165, 1.54) is 0 Å². The second-order valence-electron chi connectivity index (χ2n) is 3.64. The number of rotatable bonds is 4. The van der Waals surface area contributed by atoms with E-state index in [1.54, 1.807) is 19.1 Å².